The first-order chi connectivity index (χ1) is 9.93. The zero-order chi connectivity index (χ0) is 15.6. The van der Waals surface area contributed by atoms with E-state index in [9.17, 15) is 14.7 Å². The predicted molar refractivity (Wildman–Crippen MR) is 80.9 cm³/mol. The fourth-order valence-electron chi connectivity index (χ4n) is 2.27. The number of benzene rings is 1. The van der Waals surface area contributed by atoms with Gasteiger partial charge >= 0.3 is 6.09 Å². The molecular formula is C15H18BrNO4. The van der Waals surface area contributed by atoms with Crippen LogP contribution in [0.15, 0.2) is 30.3 Å². The number of ether oxygens (including phenoxy) is 1. The average Bonchev–Trinajstić information content (AvgIpc) is 2.87. The van der Waals surface area contributed by atoms with Crippen LogP contribution < -0.4 is 0 Å². The first-order valence-electron chi connectivity index (χ1n) is 6.80. The Kier molecular flexibility index (Phi) is 5.00. The van der Waals surface area contributed by atoms with Gasteiger partial charge in [-0.1, -0.05) is 60.1 Å². The highest BCUT2D eigenvalue weighted by atomic mass is 79.9. The lowest BCUT2D eigenvalue weighted by atomic mass is 10.0. The van der Waals surface area contributed by atoms with E-state index in [1.165, 1.54) is 0 Å². The maximum absolute atomic E-state index is 12.5. The summed E-state index contributed by atoms with van der Waals surface area (Å²) in [4.78, 5) is 24.5. The standard InChI is InChI=1S/C15H18BrNO4/c1-9(2)11-8-21-15(20)17(11)14(19)12(16)13(18)10-6-4-3-5-7-10/h3-7,9,11-13,18H,8H2,1-2H3/t11-,12-,13-/m1/s1. The Balaban J connectivity index is 2.16. The van der Waals surface area contributed by atoms with E-state index in [1.54, 1.807) is 24.3 Å². The van der Waals surface area contributed by atoms with Crippen molar-refractivity contribution in [3.8, 4) is 0 Å². The van der Waals surface area contributed by atoms with Crippen LogP contribution in [0.4, 0.5) is 4.79 Å². The highest BCUT2D eigenvalue weighted by molar-refractivity contribution is 9.10. The minimum atomic E-state index is -1.03. The second-order valence-electron chi connectivity index (χ2n) is 5.35. The molecular weight excluding hydrogens is 338 g/mol. The lowest BCUT2D eigenvalue weighted by Crippen LogP contribution is -2.46. The van der Waals surface area contributed by atoms with E-state index in [1.807, 2.05) is 19.9 Å². The Morgan fingerprint density at radius 1 is 1.38 bits per heavy atom. The SMILES string of the molecule is CC(C)[C@H]1COC(=O)N1C(=O)[C@H](Br)[C@H](O)c1ccccc1. The lowest BCUT2D eigenvalue weighted by molar-refractivity contribution is -0.130. The number of hydrogen-bond acceptors (Lipinski definition) is 4. The van der Waals surface area contributed by atoms with Crippen LogP contribution >= 0.6 is 15.9 Å². The van der Waals surface area contributed by atoms with Gasteiger partial charge in [0, 0.05) is 0 Å². The molecule has 1 saturated heterocycles. The highest BCUT2D eigenvalue weighted by Crippen LogP contribution is 2.28. The first-order valence-corrected chi connectivity index (χ1v) is 7.72. The predicted octanol–water partition coefficient (Wildman–Crippen LogP) is 2.49. The average molecular weight is 356 g/mol. The number of nitrogens with zero attached hydrogens (tertiary/aromatic N) is 1. The molecule has 0 spiro atoms. The molecule has 1 aliphatic heterocycles. The topological polar surface area (TPSA) is 66.8 Å². The second-order valence-corrected chi connectivity index (χ2v) is 6.34. The van der Waals surface area contributed by atoms with Crippen molar-refractivity contribution in [3.05, 3.63) is 35.9 Å². The number of carbonyl (C=O) groups excluding carboxylic acids is 2. The summed E-state index contributed by atoms with van der Waals surface area (Å²) in [5.41, 5.74) is 0.612. The molecule has 3 atom stereocenters. The Morgan fingerprint density at radius 2 is 2.00 bits per heavy atom. The largest absolute Gasteiger partial charge is 0.447 e. The summed E-state index contributed by atoms with van der Waals surface area (Å²) in [5, 5.41) is 10.3. The van der Waals surface area contributed by atoms with E-state index >= 15 is 0 Å². The van der Waals surface area contributed by atoms with Gasteiger partial charge in [0.15, 0.2) is 0 Å². The number of aliphatic hydroxyl groups is 1. The normalized spacial score (nSPS) is 21.3. The maximum Gasteiger partial charge on any atom is 0.417 e. The number of imide groups is 1. The summed E-state index contributed by atoms with van der Waals surface area (Å²) < 4.78 is 4.96. The number of alkyl halides is 1. The third-order valence-electron chi connectivity index (χ3n) is 3.57. The quantitative estimate of drug-likeness (QED) is 0.842. The monoisotopic (exact) mass is 355 g/mol. The summed E-state index contributed by atoms with van der Waals surface area (Å²) in [6.07, 6.45) is -1.68. The number of aliphatic hydroxyl groups excluding tert-OH is 1. The van der Waals surface area contributed by atoms with Gasteiger partial charge in [0.1, 0.15) is 17.5 Å². The minimum Gasteiger partial charge on any atom is -0.447 e. The molecule has 1 aliphatic rings. The van der Waals surface area contributed by atoms with Gasteiger partial charge in [0.2, 0.25) is 5.91 Å². The number of rotatable bonds is 4. The molecule has 0 saturated carbocycles. The van der Waals surface area contributed by atoms with Crippen molar-refractivity contribution in [2.45, 2.75) is 30.8 Å². The van der Waals surface area contributed by atoms with Crippen LogP contribution in [-0.2, 0) is 9.53 Å². The second kappa shape index (κ2) is 6.58. The van der Waals surface area contributed by atoms with Crippen molar-refractivity contribution in [3.63, 3.8) is 0 Å². The lowest BCUT2D eigenvalue weighted by Gasteiger charge is -2.26. The summed E-state index contributed by atoms with van der Waals surface area (Å²) >= 11 is 3.21. The van der Waals surface area contributed by atoms with Gasteiger partial charge in [-0.3, -0.25) is 4.79 Å². The third kappa shape index (κ3) is 3.27. The molecule has 6 heteroatoms. The summed E-state index contributed by atoms with van der Waals surface area (Å²) in [6.45, 7) is 4.04. The molecule has 0 unspecified atom stereocenters. The van der Waals surface area contributed by atoms with E-state index in [0.29, 0.717) is 5.56 Å². The molecule has 2 amide bonds. The number of amides is 2. The molecule has 1 N–H and O–H groups in total. The first kappa shape index (κ1) is 16.0. The van der Waals surface area contributed by atoms with Gasteiger partial charge in [0.25, 0.3) is 0 Å². The molecule has 1 fully saturated rings. The molecule has 0 aliphatic carbocycles. The van der Waals surface area contributed by atoms with Crippen molar-refractivity contribution >= 4 is 27.9 Å². The fraction of sp³-hybridized carbons (Fsp3) is 0.467. The van der Waals surface area contributed by atoms with E-state index in [2.05, 4.69) is 15.9 Å². The van der Waals surface area contributed by atoms with Crippen LogP contribution in [0, 0.1) is 5.92 Å². The van der Waals surface area contributed by atoms with Gasteiger partial charge in [-0.05, 0) is 11.5 Å². The van der Waals surface area contributed by atoms with Crippen LogP contribution in [0.5, 0.6) is 0 Å². The van der Waals surface area contributed by atoms with E-state index in [0.717, 1.165) is 4.90 Å². The number of cyclic esters (lactones) is 1. The van der Waals surface area contributed by atoms with Crippen LogP contribution in [-0.4, -0.2) is 39.5 Å². The van der Waals surface area contributed by atoms with Gasteiger partial charge in [0.05, 0.1) is 6.04 Å². The van der Waals surface area contributed by atoms with Crippen LogP contribution in [0.1, 0.15) is 25.5 Å². The van der Waals surface area contributed by atoms with Crippen LogP contribution in [0.25, 0.3) is 0 Å². The minimum absolute atomic E-state index is 0.0916. The van der Waals surface area contributed by atoms with Crippen LogP contribution in [0.2, 0.25) is 0 Å². The molecule has 114 valence electrons. The molecule has 21 heavy (non-hydrogen) atoms. The number of halogens is 1. The molecule has 0 aromatic heterocycles. The van der Waals surface area contributed by atoms with Gasteiger partial charge < -0.3 is 9.84 Å². The van der Waals surface area contributed by atoms with E-state index in [-0.39, 0.29) is 18.6 Å². The van der Waals surface area contributed by atoms with Gasteiger partial charge in [-0.2, -0.15) is 0 Å². The van der Waals surface area contributed by atoms with E-state index in [4.69, 9.17) is 4.74 Å². The van der Waals surface area contributed by atoms with Crippen molar-refractivity contribution in [2.75, 3.05) is 6.61 Å². The van der Waals surface area contributed by atoms with Crippen molar-refractivity contribution in [1.29, 1.82) is 0 Å². The van der Waals surface area contributed by atoms with Gasteiger partial charge in [-0.25, -0.2) is 9.69 Å². The fourth-order valence-corrected chi connectivity index (χ4v) is 2.79. The Morgan fingerprint density at radius 3 is 2.57 bits per heavy atom. The van der Waals surface area contributed by atoms with Crippen molar-refractivity contribution < 1.29 is 19.4 Å². The Hall–Kier alpha value is -1.40. The van der Waals surface area contributed by atoms with Crippen molar-refractivity contribution in [1.82, 2.24) is 4.90 Å². The summed E-state index contributed by atoms with van der Waals surface area (Å²) in [7, 11) is 0. The van der Waals surface area contributed by atoms with Crippen molar-refractivity contribution in [2.24, 2.45) is 5.92 Å². The molecule has 5 nitrogen and oxygen atoms in total. The summed E-state index contributed by atoms with van der Waals surface area (Å²) in [5.74, 6) is -0.387. The molecule has 2 rings (SSSR count). The molecule has 1 heterocycles. The third-order valence-corrected chi connectivity index (χ3v) is 4.46. The molecule has 0 radical (unpaired) electrons. The maximum atomic E-state index is 12.5. The zero-order valence-electron chi connectivity index (χ0n) is 11.9. The Labute approximate surface area is 132 Å². The number of carbonyl (C=O) groups is 2. The van der Waals surface area contributed by atoms with Crippen LogP contribution in [0.3, 0.4) is 0 Å². The molecule has 1 aromatic carbocycles. The smallest absolute Gasteiger partial charge is 0.417 e. The Bertz CT molecular complexity index is 520. The molecule has 0 bridgehead atoms. The highest BCUT2D eigenvalue weighted by Gasteiger charge is 2.43. The van der Waals surface area contributed by atoms with Gasteiger partial charge in [-0.15, -0.1) is 0 Å². The number of hydrogen-bond donors (Lipinski definition) is 1. The molecule has 1 aromatic rings. The summed E-state index contributed by atoms with van der Waals surface area (Å²) in [6, 6.07) is 8.55. The van der Waals surface area contributed by atoms with E-state index < -0.39 is 22.9 Å². The zero-order valence-corrected chi connectivity index (χ0v) is 13.5.